The van der Waals surface area contributed by atoms with Crippen molar-refractivity contribution in [3.8, 4) is 5.75 Å². The number of amides is 1. The van der Waals surface area contributed by atoms with Crippen LogP contribution in [0, 0.1) is 11.8 Å². The summed E-state index contributed by atoms with van der Waals surface area (Å²) < 4.78 is 45.9. The molecule has 0 heterocycles. The van der Waals surface area contributed by atoms with Crippen LogP contribution >= 0.6 is 0 Å². The minimum Gasteiger partial charge on any atom is -0.508 e. The van der Waals surface area contributed by atoms with Gasteiger partial charge in [0.2, 0.25) is 5.78 Å². The number of aliphatic hydroxyl groups is 3. The molecule has 1 amide bonds. The molecule has 0 aromatic heterocycles. The second-order valence-corrected chi connectivity index (χ2v) is 8.76. The van der Waals surface area contributed by atoms with Gasteiger partial charge in [-0.25, -0.2) is 0 Å². The van der Waals surface area contributed by atoms with Gasteiger partial charge in [0.05, 0.1) is 17.3 Å². The van der Waals surface area contributed by atoms with E-state index in [1.165, 1.54) is 25.1 Å². The van der Waals surface area contributed by atoms with Gasteiger partial charge in [0.1, 0.15) is 22.8 Å². The molecular weight excluding hydrogens is 430 g/mol. The van der Waals surface area contributed by atoms with Gasteiger partial charge in [-0.2, -0.15) is 0 Å². The van der Waals surface area contributed by atoms with Crippen molar-refractivity contribution in [3.05, 3.63) is 40.2 Å². The van der Waals surface area contributed by atoms with Gasteiger partial charge in [0.15, 0.2) is 11.4 Å². The average Bonchev–Trinajstić information content (AvgIpc) is 2.75. The van der Waals surface area contributed by atoms with E-state index in [4.69, 9.17) is 14.0 Å². The number of aromatic hydroxyl groups is 1. The smallest absolute Gasteiger partial charge is 0.255 e. The molecule has 1 aromatic rings. The molecule has 1 saturated carbocycles. The topological polar surface area (TPSA) is 165 Å². The van der Waals surface area contributed by atoms with E-state index in [0.29, 0.717) is 0 Å². The quantitative estimate of drug-likeness (QED) is 0.389. The fourth-order valence-corrected chi connectivity index (χ4v) is 5.39. The molecule has 6 N–H and O–H groups in total. The lowest BCUT2D eigenvalue weighted by Gasteiger charge is -2.50. The number of primary amides is 1. The third-order valence-electron chi connectivity index (χ3n) is 6.81. The van der Waals surface area contributed by atoms with E-state index in [1.54, 1.807) is 0 Å². The number of benzene rings is 1. The summed E-state index contributed by atoms with van der Waals surface area (Å²) in [7, 11) is 2.96. The van der Waals surface area contributed by atoms with Crippen molar-refractivity contribution >= 4 is 28.9 Å². The highest BCUT2D eigenvalue weighted by Gasteiger charge is 2.64. The summed E-state index contributed by atoms with van der Waals surface area (Å²) in [6, 6.07) is 1.16. The van der Waals surface area contributed by atoms with Crippen LogP contribution in [-0.2, 0) is 20.8 Å². The summed E-state index contributed by atoms with van der Waals surface area (Å²) in [5.74, 6) is -8.57. The van der Waals surface area contributed by atoms with Crippen molar-refractivity contribution in [2.75, 3.05) is 32.9 Å². The Morgan fingerprint density at radius 3 is 2.45 bits per heavy atom. The first kappa shape index (κ1) is 16.3. The lowest BCUT2D eigenvalue weighted by Crippen LogP contribution is -2.65. The van der Waals surface area contributed by atoms with E-state index < -0.39 is 94.6 Å². The Hall–Kier alpha value is -3.37. The van der Waals surface area contributed by atoms with Gasteiger partial charge in [0, 0.05) is 33.7 Å². The van der Waals surface area contributed by atoms with E-state index in [0.717, 1.165) is 6.07 Å². The van der Waals surface area contributed by atoms with Gasteiger partial charge in [0.25, 0.3) is 5.91 Å². The van der Waals surface area contributed by atoms with Crippen molar-refractivity contribution in [1.29, 1.82) is 0 Å². The van der Waals surface area contributed by atoms with Crippen LogP contribution in [0.4, 0.5) is 5.69 Å². The van der Waals surface area contributed by atoms with Crippen molar-refractivity contribution in [2.24, 2.45) is 17.6 Å². The second kappa shape index (κ2) is 7.32. The summed E-state index contributed by atoms with van der Waals surface area (Å²) in [5.41, 5.74) is 0.235. The molecule has 0 aliphatic heterocycles. The van der Waals surface area contributed by atoms with Crippen LogP contribution in [0.25, 0.3) is 5.76 Å². The first-order chi connectivity index (χ1) is 17.8. The van der Waals surface area contributed by atoms with Gasteiger partial charge < -0.3 is 31.1 Å². The number of ketones is 2. The molecule has 33 heavy (non-hydrogen) atoms. The highest BCUT2D eigenvalue weighted by molar-refractivity contribution is 6.24. The Kier molecular flexibility index (Phi) is 3.61. The third kappa shape index (κ3) is 2.90. The zero-order valence-corrected chi connectivity index (χ0v) is 17.8. The van der Waals surface area contributed by atoms with Crippen LogP contribution in [0.1, 0.15) is 25.8 Å². The Balaban J connectivity index is 1.96. The van der Waals surface area contributed by atoms with Crippen LogP contribution in [0.5, 0.6) is 5.75 Å². The molecule has 4 rings (SSSR count). The van der Waals surface area contributed by atoms with Crippen molar-refractivity contribution < 1.29 is 43.0 Å². The monoisotopic (exact) mass is 463 g/mol. The number of anilines is 1. The molecule has 176 valence electrons. The molecule has 4 atom stereocenters. The van der Waals surface area contributed by atoms with E-state index >= 15 is 0 Å². The van der Waals surface area contributed by atoms with Crippen LogP contribution in [-0.4, -0.2) is 82.5 Å². The number of hydrogen-bond donors (Lipinski definition) is 5. The number of nitrogens with two attached hydrogens (primary N) is 1. The Bertz CT molecular complexity index is 1350. The maximum atomic E-state index is 13.8. The minimum atomic E-state index is -3.22. The predicted molar refractivity (Wildman–Crippen MR) is 119 cm³/mol. The molecular formula is C23H27N3O7. The van der Waals surface area contributed by atoms with Crippen molar-refractivity contribution in [3.63, 3.8) is 0 Å². The van der Waals surface area contributed by atoms with Crippen molar-refractivity contribution in [1.82, 2.24) is 4.90 Å². The third-order valence-corrected chi connectivity index (χ3v) is 6.81. The summed E-state index contributed by atoms with van der Waals surface area (Å²) in [4.78, 5) is 40.3. The van der Waals surface area contributed by atoms with E-state index in [2.05, 4.69) is 0 Å². The predicted octanol–water partition coefficient (Wildman–Crippen LogP) is 0.0300. The lowest BCUT2D eigenvalue weighted by molar-refractivity contribution is -0.153. The molecule has 0 spiro atoms. The maximum Gasteiger partial charge on any atom is 0.255 e. The number of likely N-dealkylation sites (N-methyl/N-ethyl adjacent to an activating group) is 1. The standard InChI is InChI=1S/C23H27N3O7/c1-25(2)12-6-5-9-7-10-8-11-16(26(3)4)19(29)15(22(24)32)21(31)23(11,33)20(30)14(10)18(28)13(9)17(12)27/h5-6,10-11,16,27-28,31,33H,7-8H2,1-4H3,(H2,24,32)/t10-,11-,16-,23-/m1/s1/i1D3,2D3. The largest absolute Gasteiger partial charge is 0.508 e. The minimum absolute atomic E-state index is 0.0219. The number of phenols is 1. The number of carbonyl (C=O) groups is 3. The van der Waals surface area contributed by atoms with E-state index in [9.17, 15) is 34.8 Å². The normalized spacial score (nSPS) is 32.5. The highest BCUT2D eigenvalue weighted by atomic mass is 16.3. The Morgan fingerprint density at radius 1 is 1.21 bits per heavy atom. The van der Waals surface area contributed by atoms with Crippen molar-refractivity contribution in [2.45, 2.75) is 24.5 Å². The molecule has 10 nitrogen and oxygen atoms in total. The van der Waals surface area contributed by atoms with Gasteiger partial charge in [-0.15, -0.1) is 0 Å². The SMILES string of the molecule is [2H]C([2H])([2H])N(c1ccc2c(c1O)C(O)=C1C(=O)[C@@]3(O)C(O)=C(C(N)=O)C(=O)[C@H](N(C)C)[C@H]3C[C@H]1C2)C([2H])([2H])[2H]. The van der Waals surface area contributed by atoms with Crippen LogP contribution < -0.4 is 10.6 Å². The fourth-order valence-electron chi connectivity index (χ4n) is 5.39. The summed E-state index contributed by atoms with van der Waals surface area (Å²) in [6.45, 7) is -6.45. The molecule has 0 radical (unpaired) electrons. The summed E-state index contributed by atoms with van der Waals surface area (Å²) in [5, 5.41) is 44.7. The van der Waals surface area contributed by atoms with Gasteiger partial charge in [-0.3, -0.25) is 19.3 Å². The molecule has 3 aliphatic rings. The molecule has 1 fully saturated rings. The highest BCUT2D eigenvalue weighted by Crippen LogP contribution is 2.53. The second-order valence-electron chi connectivity index (χ2n) is 8.76. The van der Waals surface area contributed by atoms with Gasteiger partial charge in [-0.1, -0.05) is 6.07 Å². The van der Waals surface area contributed by atoms with Crippen LogP contribution in [0.3, 0.4) is 0 Å². The lowest BCUT2D eigenvalue weighted by atomic mass is 9.57. The van der Waals surface area contributed by atoms with E-state index in [1.807, 2.05) is 0 Å². The number of carbonyl (C=O) groups excluding carboxylic acids is 3. The zero-order valence-electron chi connectivity index (χ0n) is 23.8. The number of fused-ring (bicyclic) bond motifs is 3. The molecule has 3 aliphatic carbocycles. The average molecular weight is 464 g/mol. The van der Waals surface area contributed by atoms with Gasteiger partial charge >= 0.3 is 0 Å². The Labute approximate surface area is 198 Å². The molecule has 0 saturated heterocycles. The van der Waals surface area contributed by atoms with E-state index in [-0.39, 0.29) is 23.3 Å². The summed E-state index contributed by atoms with van der Waals surface area (Å²) >= 11 is 0. The number of phenolic OH excluding ortho intramolecular Hbond substituents is 1. The number of Topliss-reactive ketones (excluding diaryl/α,β-unsaturated/α-hetero) is 2. The van der Waals surface area contributed by atoms with Gasteiger partial charge in [-0.05, 0) is 44.5 Å². The molecule has 0 unspecified atom stereocenters. The van der Waals surface area contributed by atoms with Crippen LogP contribution in [0.15, 0.2) is 29.0 Å². The number of nitrogens with zero attached hydrogens (tertiary/aromatic N) is 2. The molecule has 1 aromatic carbocycles. The number of hydrogen-bond acceptors (Lipinski definition) is 9. The van der Waals surface area contributed by atoms with Crippen LogP contribution in [0.2, 0.25) is 0 Å². The number of aliphatic hydroxyl groups excluding tert-OH is 2. The first-order valence-corrected chi connectivity index (χ1v) is 10.1. The zero-order chi connectivity index (χ0) is 29.6. The first-order valence-electron chi connectivity index (χ1n) is 13.1. The molecule has 10 heteroatoms. The molecule has 0 bridgehead atoms. The maximum absolute atomic E-state index is 13.8. The summed E-state index contributed by atoms with van der Waals surface area (Å²) in [6.07, 6.45) is -0.144. The Morgan fingerprint density at radius 2 is 1.88 bits per heavy atom. The fraction of sp³-hybridized carbons (Fsp3) is 0.435. The number of rotatable bonds is 3.